The fraction of sp³-hybridized carbons (Fsp3) is 0.833. The molecule has 1 amide bonds. The van der Waals surface area contributed by atoms with Crippen LogP contribution in [0.15, 0.2) is 0 Å². The van der Waals surface area contributed by atoms with Gasteiger partial charge in [0.25, 0.3) is 0 Å². The van der Waals surface area contributed by atoms with Crippen LogP contribution in [0.2, 0.25) is 0 Å². The van der Waals surface area contributed by atoms with Crippen LogP contribution >= 0.6 is 0 Å². The zero-order valence-corrected chi connectivity index (χ0v) is 11.0. The normalized spacial score (nSPS) is 12.5. The fourth-order valence-corrected chi connectivity index (χ4v) is 1.70. The Morgan fingerprint density at radius 1 is 1.35 bits per heavy atom. The molecule has 0 fully saturated rings. The van der Waals surface area contributed by atoms with E-state index in [9.17, 15) is 9.59 Å². The minimum atomic E-state index is -0.888. The average Bonchev–Trinajstić information content (AvgIpc) is 2.16. The van der Waals surface area contributed by atoms with Gasteiger partial charge in [0.05, 0.1) is 6.42 Å². The number of amides is 1. The molecule has 5 heteroatoms. The lowest BCUT2D eigenvalue weighted by Gasteiger charge is -2.27. The highest BCUT2D eigenvalue weighted by atomic mass is 16.4. The van der Waals surface area contributed by atoms with Gasteiger partial charge in [-0.3, -0.25) is 9.59 Å². The lowest BCUT2D eigenvalue weighted by molar-refractivity contribution is -0.139. The number of hydrogen-bond donors (Lipinski definition) is 2. The molecule has 100 valence electrons. The first-order valence-electron chi connectivity index (χ1n) is 6.15. The monoisotopic (exact) mass is 244 g/mol. The quantitative estimate of drug-likeness (QED) is 0.672. The van der Waals surface area contributed by atoms with Crippen LogP contribution in [0, 0.1) is 0 Å². The third-order valence-electron chi connectivity index (χ3n) is 2.61. The summed E-state index contributed by atoms with van der Waals surface area (Å²) in [7, 11) is 0. The molecule has 0 spiro atoms. The fourth-order valence-electron chi connectivity index (χ4n) is 1.70. The van der Waals surface area contributed by atoms with Crippen molar-refractivity contribution in [1.29, 1.82) is 0 Å². The number of hydrogen-bond acceptors (Lipinski definition) is 3. The predicted molar refractivity (Wildman–Crippen MR) is 66.6 cm³/mol. The maximum Gasteiger partial charge on any atom is 0.305 e. The molecule has 0 aromatic rings. The van der Waals surface area contributed by atoms with Gasteiger partial charge in [0, 0.05) is 25.0 Å². The van der Waals surface area contributed by atoms with Gasteiger partial charge in [-0.1, -0.05) is 13.3 Å². The largest absolute Gasteiger partial charge is 0.481 e. The lowest BCUT2D eigenvalue weighted by atomic mass is 10.1. The van der Waals surface area contributed by atoms with Crippen molar-refractivity contribution in [2.45, 2.75) is 58.5 Å². The Hall–Kier alpha value is -1.10. The Bertz CT molecular complexity index is 254. The number of rotatable bonds is 8. The zero-order valence-electron chi connectivity index (χ0n) is 11.0. The van der Waals surface area contributed by atoms with Crippen LogP contribution in [-0.2, 0) is 9.59 Å². The molecular weight excluding hydrogens is 220 g/mol. The molecule has 0 aliphatic heterocycles. The van der Waals surface area contributed by atoms with Gasteiger partial charge in [0.2, 0.25) is 5.91 Å². The lowest BCUT2D eigenvalue weighted by Crippen LogP contribution is -2.41. The van der Waals surface area contributed by atoms with Gasteiger partial charge in [0.1, 0.15) is 0 Å². The Morgan fingerprint density at radius 2 is 1.94 bits per heavy atom. The van der Waals surface area contributed by atoms with Gasteiger partial charge in [-0.15, -0.1) is 0 Å². The number of aliphatic carboxylic acids is 1. The van der Waals surface area contributed by atoms with E-state index in [-0.39, 0.29) is 31.0 Å². The molecule has 0 saturated heterocycles. The van der Waals surface area contributed by atoms with Crippen molar-refractivity contribution in [3.05, 3.63) is 0 Å². The third kappa shape index (κ3) is 6.94. The Kier molecular flexibility index (Phi) is 7.54. The van der Waals surface area contributed by atoms with Gasteiger partial charge in [0.15, 0.2) is 0 Å². The minimum Gasteiger partial charge on any atom is -0.481 e. The predicted octanol–water partition coefficient (Wildman–Crippen LogP) is 1.22. The van der Waals surface area contributed by atoms with E-state index >= 15 is 0 Å². The zero-order chi connectivity index (χ0) is 13.4. The summed E-state index contributed by atoms with van der Waals surface area (Å²) >= 11 is 0. The Morgan fingerprint density at radius 3 is 2.35 bits per heavy atom. The number of nitrogens with zero attached hydrogens (tertiary/aromatic N) is 1. The third-order valence-corrected chi connectivity index (χ3v) is 2.61. The highest BCUT2D eigenvalue weighted by Gasteiger charge is 2.19. The summed E-state index contributed by atoms with van der Waals surface area (Å²) < 4.78 is 0. The van der Waals surface area contributed by atoms with E-state index in [0.29, 0.717) is 6.42 Å². The van der Waals surface area contributed by atoms with Crippen molar-refractivity contribution in [3.8, 4) is 0 Å². The molecule has 0 aliphatic carbocycles. The van der Waals surface area contributed by atoms with Crippen LogP contribution in [-0.4, -0.2) is 40.5 Å². The molecule has 0 rings (SSSR count). The van der Waals surface area contributed by atoms with E-state index in [0.717, 1.165) is 12.8 Å². The van der Waals surface area contributed by atoms with Gasteiger partial charge in [-0.05, 0) is 20.3 Å². The van der Waals surface area contributed by atoms with E-state index in [1.807, 2.05) is 20.8 Å². The summed E-state index contributed by atoms with van der Waals surface area (Å²) in [4.78, 5) is 24.0. The molecule has 0 saturated carbocycles. The number of nitrogens with two attached hydrogens (primary N) is 1. The SMILES string of the molecule is CCCC(N)CC(=O)N(CCC(=O)O)C(C)C. The van der Waals surface area contributed by atoms with Crippen LogP contribution < -0.4 is 5.73 Å². The van der Waals surface area contributed by atoms with E-state index in [1.54, 1.807) is 4.90 Å². The highest BCUT2D eigenvalue weighted by Crippen LogP contribution is 2.07. The maximum atomic E-state index is 11.9. The molecular formula is C12H24N2O3. The van der Waals surface area contributed by atoms with E-state index in [4.69, 9.17) is 10.8 Å². The molecule has 1 unspecified atom stereocenters. The second kappa shape index (κ2) is 8.06. The maximum absolute atomic E-state index is 11.9. The molecule has 5 nitrogen and oxygen atoms in total. The van der Waals surface area contributed by atoms with Crippen LogP contribution in [0.3, 0.4) is 0 Å². The first kappa shape index (κ1) is 15.9. The topological polar surface area (TPSA) is 83.6 Å². The van der Waals surface area contributed by atoms with E-state index < -0.39 is 5.97 Å². The summed E-state index contributed by atoms with van der Waals surface area (Å²) in [5, 5.41) is 8.63. The van der Waals surface area contributed by atoms with Crippen molar-refractivity contribution in [1.82, 2.24) is 4.90 Å². The molecule has 0 aliphatic rings. The summed E-state index contributed by atoms with van der Waals surface area (Å²) in [6.07, 6.45) is 2.04. The standard InChI is InChI=1S/C12H24N2O3/c1-4-5-10(13)8-11(15)14(9(2)3)7-6-12(16)17/h9-10H,4-8,13H2,1-3H3,(H,16,17). The second-order valence-electron chi connectivity index (χ2n) is 4.58. The summed E-state index contributed by atoms with van der Waals surface area (Å²) in [5.74, 6) is -0.941. The van der Waals surface area contributed by atoms with Crippen molar-refractivity contribution in [3.63, 3.8) is 0 Å². The summed E-state index contributed by atoms with van der Waals surface area (Å²) in [6.45, 7) is 6.04. The van der Waals surface area contributed by atoms with Crippen LogP contribution in [0.1, 0.15) is 46.5 Å². The van der Waals surface area contributed by atoms with Crippen molar-refractivity contribution >= 4 is 11.9 Å². The molecule has 0 radical (unpaired) electrons. The van der Waals surface area contributed by atoms with Gasteiger partial charge < -0.3 is 15.7 Å². The average molecular weight is 244 g/mol. The van der Waals surface area contributed by atoms with Crippen LogP contribution in [0.5, 0.6) is 0 Å². The first-order valence-corrected chi connectivity index (χ1v) is 6.15. The van der Waals surface area contributed by atoms with Crippen molar-refractivity contribution < 1.29 is 14.7 Å². The van der Waals surface area contributed by atoms with E-state index in [2.05, 4.69) is 0 Å². The Labute approximate surface area is 103 Å². The smallest absolute Gasteiger partial charge is 0.305 e. The molecule has 0 heterocycles. The summed E-state index contributed by atoms with van der Waals surface area (Å²) in [6, 6.07) is -0.116. The molecule has 0 bridgehead atoms. The molecule has 1 atom stereocenters. The number of carboxylic acid groups (broad SMARTS) is 1. The molecule has 17 heavy (non-hydrogen) atoms. The molecule has 3 N–H and O–H groups in total. The van der Waals surface area contributed by atoms with Crippen molar-refractivity contribution in [2.75, 3.05) is 6.54 Å². The molecule has 0 aromatic carbocycles. The second-order valence-corrected chi connectivity index (χ2v) is 4.58. The number of carbonyl (C=O) groups excluding carboxylic acids is 1. The number of carboxylic acids is 1. The van der Waals surface area contributed by atoms with Gasteiger partial charge >= 0.3 is 5.97 Å². The van der Waals surface area contributed by atoms with E-state index in [1.165, 1.54) is 0 Å². The van der Waals surface area contributed by atoms with Gasteiger partial charge in [-0.25, -0.2) is 0 Å². The van der Waals surface area contributed by atoms with Crippen molar-refractivity contribution in [2.24, 2.45) is 5.73 Å². The molecule has 0 aromatic heterocycles. The first-order chi connectivity index (χ1) is 7.88. The Balaban J connectivity index is 4.29. The minimum absolute atomic E-state index is 0.00989. The van der Waals surface area contributed by atoms with Crippen LogP contribution in [0.4, 0.5) is 0 Å². The number of carbonyl (C=O) groups is 2. The summed E-state index contributed by atoms with van der Waals surface area (Å²) in [5.41, 5.74) is 5.82. The van der Waals surface area contributed by atoms with Crippen LogP contribution in [0.25, 0.3) is 0 Å². The van der Waals surface area contributed by atoms with Gasteiger partial charge in [-0.2, -0.15) is 0 Å². The highest BCUT2D eigenvalue weighted by molar-refractivity contribution is 5.77.